The van der Waals surface area contributed by atoms with E-state index < -0.39 is 0 Å². The van der Waals surface area contributed by atoms with E-state index in [2.05, 4.69) is 5.32 Å². The number of ether oxygens (including phenoxy) is 1. The third-order valence-electron chi connectivity index (χ3n) is 1.79. The Labute approximate surface area is 60.7 Å². The Kier molecular flexibility index (Phi) is 2.68. The SMILES string of the molecule is C[N]C(=O)C1CCOCC1. The molecule has 57 valence electrons. The van der Waals surface area contributed by atoms with E-state index in [-0.39, 0.29) is 11.8 Å². The molecule has 3 heteroatoms. The minimum absolute atomic E-state index is 0.0308. The van der Waals surface area contributed by atoms with Gasteiger partial charge in [-0.1, -0.05) is 0 Å². The molecule has 0 atom stereocenters. The van der Waals surface area contributed by atoms with Crippen molar-refractivity contribution in [3.05, 3.63) is 0 Å². The zero-order valence-electron chi connectivity index (χ0n) is 6.17. The van der Waals surface area contributed by atoms with Crippen molar-refractivity contribution in [2.45, 2.75) is 12.8 Å². The van der Waals surface area contributed by atoms with E-state index in [1.165, 1.54) is 0 Å². The standard InChI is InChI=1S/C7H12NO2/c1-8-7(9)6-2-4-10-5-3-6/h6H,2-5H2,1H3. The summed E-state index contributed by atoms with van der Waals surface area (Å²) in [6.45, 7) is 1.43. The Morgan fingerprint density at radius 3 is 2.60 bits per heavy atom. The molecule has 0 aromatic heterocycles. The van der Waals surface area contributed by atoms with Crippen molar-refractivity contribution in [3.63, 3.8) is 0 Å². The molecule has 1 amide bonds. The summed E-state index contributed by atoms with van der Waals surface area (Å²) in [6.07, 6.45) is 1.69. The van der Waals surface area contributed by atoms with Crippen molar-refractivity contribution in [3.8, 4) is 0 Å². The van der Waals surface area contributed by atoms with Gasteiger partial charge in [0.05, 0.1) is 0 Å². The van der Waals surface area contributed by atoms with Crippen LogP contribution >= 0.6 is 0 Å². The zero-order chi connectivity index (χ0) is 7.40. The largest absolute Gasteiger partial charge is 0.381 e. The summed E-state index contributed by atoms with van der Waals surface area (Å²) >= 11 is 0. The second kappa shape index (κ2) is 3.56. The maximum Gasteiger partial charge on any atom is 0.244 e. The van der Waals surface area contributed by atoms with Gasteiger partial charge in [0.25, 0.3) is 0 Å². The topological polar surface area (TPSA) is 40.4 Å². The van der Waals surface area contributed by atoms with Crippen molar-refractivity contribution >= 4 is 5.91 Å². The van der Waals surface area contributed by atoms with Gasteiger partial charge >= 0.3 is 0 Å². The van der Waals surface area contributed by atoms with Crippen molar-refractivity contribution in [1.29, 1.82) is 0 Å². The Morgan fingerprint density at radius 2 is 2.10 bits per heavy atom. The van der Waals surface area contributed by atoms with Crippen molar-refractivity contribution < 1.29 is 9.53 Å². The van der Waals surface area contributed by atoms with Crippen LogP contribution in [-0.2, 0) is 9.53 Å². The fourth-order valence-corrected chi connectivity index (χ4v) is 1.13. The van der Waals surface area contributed by atoms with Gasteiger partial charge in [0.1, 0.15) is 0 Å². The minimum atomic E-state index is 0.0308. The molecule has 0 N–H and O–H groups in total. The van der Waals surface area contributed by atoms with Gasteiger partial charge in [-0.15, -0.1) is 0 Å². The zero-order valence-corrected chi connectivity index (χ0v) is 6.17. The first-order valence-electron chi connectivity index (χ1n) is 3.56. The fourth-order valence-electron chi connectivity index (χ4n) is 1.13. The van der Waals surface area contributed by atoms with E-state index >= 15 is 0 Å². The van der Waals surface area contributed by atoms with Crippen LogP contribution in [0.1, 0.15) is 12.8 Å². The van der Waals surface area contributed by atoms with E-state index in [1.54, 1.807) is 7.05 Å². The molecule has 1 aliphatic rings. The van der Waals surface area contributed by atoms with Gasteiger partial charge in [0.2, 0.25) is 5.91 Å². The maximum atomic E-state index is 10.9. The molecule has 1 fully saturated rings. The Hall–Kier alpha value is -0.570. The Bertz CT molecular complexity index is 119. The average molecular weight is 142 g/mol. The summed E-state index contributed by atoms with van der Waals surface area (Å²) in [7, 11) is 1.55. The molecule has 3 nitrogen and oxygen atoms in total. The highest BCUT2D eigenvalue weighted by Crippen LogP contribution is 2.14. The number of hydrogen-bond donors (Lipinski definition) is 0. The Morgan fingerprint density at radius 1 is 1.50 bits per heavy atom. The van der Waals surface area contributed by atoms with Gasteiger partial charge < -0.3 is 4.74 Å². The molecule has 0 bridgehead atoms. The van der Waals surface area contributed by atoms with Crippen molar-refractivity contribution in [2.75, 3.05) is 20.3 Å². The van der Waals surface area contributed by atoms with Gasteiger partial charge in [-0.3, -0.25) is 10.1 Å². The molecule has 1 aliphatic heterocycles. The molecule has 1 rings (SSSR count). The van der Waals surface area contributed by atoms with E-state index in [0.717, 1.165) is 12.8 Å². The van der Waals surface area contributed by atoms with Crippen LogP contribution in [0.2, 0.25) is 0 Å². The van der Waals surface area contributed by atoms with E-state index in [1.807, 2.05) is 0 Å². The smallest absolute Gasteiger partial charge is 0.244 e. The lowest BCUT2D eigenvalue weighted by Gasteiger charge is -2.19. The third-order valence-corrected chi connectivity index (χ3v) is 1.79. The fraction of sp³-hybridized carbons (Fsp3) is 0.857. The second-order valence-corrected chi connectivity index (χ2v) is 2.45. The highest BCUT2D eigenvalue weighted by molar-refractivity contribution is 5.78. The van der Waals surface area contributed by atoms with Gasteiger partial charge in [-0.25, -0.2) is 0 Å². The summed E-state index contributed by atoms with van der Waals surface area (Å²) in [5.74, 6) is 0.169. The molecule has 10 heavy (non-hydrogen) atoms. The number of hydrogen-bond acceptors (Lipinski definition) is 2. The predicted octanol–water partition coefficient (Wildman–Crippen LogP) is 0.174. The minimum Gasteiger partial charge on any atom is -0.381 e. The summed E-state index contributed by atoms with van der Waals surface area (Å²) in [5, 5.41) is 3.62. The van der Waals surface area contributed by atoms with Gasteiger partial charge in [0.15, 0.2) is 0 Å². The number of carbonyl (C=O) groups is 1. The highest BCUT2D eigenvalue weighted by atomic mass is 16.5. The molecule has 0 aliphatic carbocycles. The monoisotopic (exact) mass is 142 g/mol. The average Bonchev–Trinajstić information content (AvgIpc) is 2.05. The van der Waals surface area contributed by atoms with Crippen LogP contribution in [0.25, 0.3) is 0 Å². The van der Waals surface area contributed by atoms with Crippen LogP contribution in [-0.4, -0.2) is 26.2 Å². The lowest BCUT2D eigenvalue weighted by molar-refractivity contribution is -0.127. The summed E-state index contributed by atoms with van der Waals surface area (Å²) in [6, 6.07) is 0. The molecule has 1 radical (unpaired) electrons. The second-order valence-electron chi connectivity index (χ2n) is 2.45. The summed E-state index contributed by atoms with van der Waals surface area (Å²) in [4.78, 5) is 10.9. The van der Waals surface area contributed by atoms with E-state index in [4.69, 9.17) is 4.74 Å². The van der Waals surface area contributed by atoms with Crippen LogP contribution in [0.3, 0.4) is 0 Å². The van der Waals surface area contributed by atoms with Crippen molar-refractivity contribution in [2.24, 2.45) is 5.92 Å². The lowest BCUT2D eigenvalue weighted by atomic mass is 10.00. The molecule has 0 spiro atoms. The molecule has 0 unspecified atom stereocenters. The van der Waals surface area contributed by atoms with Crippen molar-refractivity contribution in [1.82, 2.24) is 5.32 Å². The summed E-state index contributed by atoms with van der Waals surface area (Å²) < 4.78 is 5.10. The van der Waals surface area contributed by atoms with Gasteiger partial charge in [-0.2, -0.15) is 0 Å². The number of rotatable bonds is 1. The summed E-state index contributed by atoms with van der Waals surface area (Å²) in [5.41, 5.74) is 0. The first-order chi connectivity index (χ1) is 4.84. The first kappa shape index (κ1) is 7.54. The van der Waals surface area contributed by atoms with Gasteiger partial charge in [-0.05, 0) is 12.8 Å². The molecule has 0 saturated carbocycles. The van der Waals surface area contributed by atoms with E-state index in [9.17, 15) is 4.79 Å². The maximum absolute atomic E-state index is 10.9. The number of carbonyl (C=O) groups excluding carboxylic acids is 1. The molecule has 0 aromatic carbocycles. The van der Waals surface area contributed by atoms with E-state index in [0.29, 0.717) is 13.2 Å². The predicted molar refractivity (Wildman–Crippen MR) is 36.6 cm³/mol. The molecular formula is C7H12NO2. The first-order valence-corrected chi connectivity index (χ1v) is 3.56. The van der Waals surface area contributed by atoms with Crippen LogP contribution in [0, 0.1) is 5.92 Å². The number of nitrogens with zero attached hydrogens (tertiary/aromatic N) is 1. The van der Waals surface area contributed by atoms with Crippen LogP contribution < -0.4 is 5.32 Å². The molecule has 0 aromatic rings. The van der Waals surface area contributed by atoms with Crippen LogP contribution in [0.15, 0.2) is 0 Å². The number of amides is 1. The quantitative estimate of drug-likeness (QED) is 0.523. The normalized spacial score (nSPS) is 20.5. The highest BCUT2D eigenvalue weighted by Gasteiger charge is 2.20. The molecule has 1 heterocycles. The van der Waals surface area contributed by atoms with Crippen LogP contribution in [0.5, 0.6) is 0 Å². The molecule has 1 saturated heterocycles. The molecular weight excluding hydrogens is 130 g/mol. The lowest BCUT2D eigenvalue weighted by Crippen LogP contribution is -2.28. The van der Waals surface area contributed by atoms with Gasteiger partial charge in [0, 0.05) is 26.2 Å². The third kappa shape index (κ3) is 1.70. The van der Waals surface area contributed by atoms with Crippen LogP contribution in [0.4, 0.5) is 0 Å². The Balaban J connectivity index is 2.31.